The lowest BCUT2D eigenvalue weighted by molar-refractivity contribution is -0.151. The van der Waals surface area contributed by atoms with Crippen molar-refractivity contribution in [3.8, 4) is 0 Å². The Morgan fingerprint density at radius 3 is 2.62 bits per heavy atom. The molecule has 4 nitrogen and oxygen atoms in total. The third-order valence-electron chi connectivity index (χ3n) is 7.27. The molecule has 0 bridgehead atoms. The van der Waals surface area contributed by atoms with Gasteiger partial charge in [0.25, 0.3) is 0 Å². The van der Waals surface area contributed by atoms with Gasteiger partial charge in [0, 0.05) is 18.1 Å². The van der Waals surface area contributed by atoms with E-state index in [1.54, 1.807) is 0 Å². The van der Waals surface area contributed by atoms with Crippen LogP contribution in [0.2, 0.25) is 0 Å². The van der Waals surface area contributed by atoms with Crippen LogP contribution < -0.4 is 0 Å². The molecular formula is C20H28O4. The van der Waals surface area contributed by atoms with Crippen LogP contribution in [-0.2, 0) is 14.3 Å². The number of fused-ring (bicyclic) bond motifs is 1. The van der Waals surface area contributed by atoms with Gasteiger partial charge >= 0.3 is 5.97 Å². The molecule has 0 amide bonds. The van der Waals surface area contributed by atoms with E-state index in [-0.39, 0.29) is 16.6 Å². The second-order valence-electron chi connectivity index (χ2n) is 8.42. The molecule has 1 heterocycles. The van der Waals surface area contributed by atoms with Gasteiger partial charge in [-0.2, -0.15) is 0 Å². The van der Waals surface area contributed by atoms with E-state index in [0.29, 0.717) is 30.3 Å². The fourth-order valence-corrected chi connectivity index (χ4v) is 5.16. The second-order valence-corrected chi connectivity index (χ2v) is 8.42. The fourth-order valence-electron chi connectivity index (χ4n) is 5.16. The van der Waals surface area contributed by atoms with Gasteiger partial charge in [-0.3, -0.25) is 4.79 Å². The molecule has 0 spiro atoms. The van der Waals surface area contributed by atoms with Gasteiger partial charge < -0.3 is 9.84 Å². The van der Waals surface area contributed by atoms with E-state index >= 15 is 0 Å². The van der Waals surface area contributed by atoms with Crippen molar-refractivity contribution >= 4 is 11.8 Å². The first-order valence-corrected chi connectivity index (χ1v) is 8.97. The van der Waals surface area contributed by atoms with E-state index in [2.05, 4.69) is 27.7 Å². The standard InChI is InChI=1S/C20H28O4/c1-12-5-7-20(4)13(2)9-15(21)11-16(20)19(12,3)8-6-14-10-17(22)24-18(14)23/h9-10,12,16,18,23H,5-8,11H2,1-4H3/t12-,16+,18-,19+,20+/m0/s1. The summed E-state index contributed by atoms with van der Waals surface area (Å²) in [6.07, 6.45) is 6.51. The maximum atomic E-state index is 12.2. The number of hydrogen-bond acceptors (Lipinski definition) is 4. The SMILES string of the molecule is CC1=CC(=O)C[C@@H]2[C@](C)(CCC3=CC(=O)O[C@@H]3O)[C@@H](C)CC[C@]12C. The molecule has 132 valence electrons. The Morgan fingerprint density at radius 1 is 1.29 bits per heavy atom. The van der Waals surface area contributed by atoms with Gasteiger partial charge in [0.05, 0.1) is 0 Å². The van der Waals surface area contributed by atoms with Crippen LogP contribution in [0, 0.1) is 22.7 Å². The fraction of sp³-hybridized carbons (Fsp3) is 0.700. The lowest BCUT2D eigenvalue weighted by Crippen LogP contribution is -2.51. The van der Waals surface area contributed by atoms with Crippen LogP contribution in [0.5, 0.6) is 0 Å². The van der Waals surface area contributed by atoms with Crippen molar-refractivity contribution in [1.29, 1.82) is 0 Å². The van der Waals surface area contributed by atoms with Crippen LogP contribution in [0.15, 0.2) is 23.3 Å². The van der Waals surface area contributed by atoms with Crippen LogP contribution >= 0.6 is 0 Å². The van der Waals surface area contributed by atoms with Gasteiger partial charge in [0.1, 0.15) is 0 Å². The minimum Gasteiger partial charge on any atom is -0.429 e. The summed E-state index contributed by atoms with van der Waals surface area (Å²) in [5.41, 5.74) is 1.95. The van der Waals surface area contributed by atoms with Crippen molar-refractivity contribution in [2.24, 2.45) is 22.7 Å². The summed E-state index contributed by atoms with van der Waals surface area (Å²) in [7, 11) is 0. The number of ether oxygens (including phenoxy) is 1. The lowest BCUT2D eigenvalue weighted by Gasteiger charge is -2.57. The molecule has 3 aliphatic rings. The number of esters is 1. The molecule has 1 N–H and O–H groups in total. The van der Waals surface area contributed by atoms with Crippen molar-refractivity contribution in [3.05, 3.63) is 23.3 Å². The van der Waals surface area contributed by atoms with Gasteiger partial charge in [-0.1, -0.05) is 26.3 Å². The topological polar surface area (TPSA) is 63.6 Å². The van der Waals surface area contributed by atoms with Gasteiger partial charge in [-0.15, -0.1) is 0 Å². The molecule has 0 unspecified atom stereocenters. The average molecular weight is 332 g/mol. The quantitative estimate of drug-likeness (QED) is 0.803. The maximum absolute atomic E-state index is 12.2. The number of rotatable bonds is 3. The highest BCUT2D eigenvalue weighted by molar-refractivity contribution is 5.92. The Kier molecular flexibility index (Phi) is 4.23. The molecule has 5 atom stereocenters. The zero-order chi connectivity index (χ0) is 17.7. The molecule has 0 aromatic rings. The zero-order valence-electron chi connectivity index (χ0n) is 15.1. The summed E-state index contributed by atoms with van der Waals surface area (Å²) >= 11 is 0. The number of carbonyl (C=O) groups excluding carboxylic acids is 2. The third-order valence-corrected chi connectivity index (χ3v) is 7.27. The van der Waals surface area contributed by atoms with E-state index in [4.69, 9.17) is 4.74 Å². The van der Waals surface area contributed by atoms with Crippen molar-refractivity contribution in [2.75, 3.05) is 0 Å². The molecular weight excluding hydrogens is 304 g/mol. The number of aliphatic hydroxyl groups excluding tert-OH is 1. The minimum absolute atomic E-state index is 0.00434. The summed E-state index contributed by atoms with van der Waals surface area (Å²) in [6.45, 7) is 8.96. The molecule has 2 aliphatic carbocycles. The Morgan fingerprint density at radius 2 is 2.00 bits per heavy atom. The Labute approximate surface area is 144 Å². The summed E-state index contributed by atoms with van der Waals surface area (Å²) < 4.78 is 4.79. The Bertz CT molecular complexity index is 632. The first-order chi connectivity index (χ1) is 11.2. The molecule has 1 aliphatic heterocycles. The van der Waals surface area contributed by atoms with Gasteiger partial charge in [-0.05, 0) is 61.3 Å². The molecule has 3 rings (SSSR count). The highest BCUT2D eigenvalue weighted by Crippen LogP contribution is 2.61. The lowest BCUT2D eigenvalue weighted by atomic mass is 9.47. The zero-order valence-corrected chi connectivity index (χ0v) is 15.1. The van der Waals surface area contributed by atoms with Gasteiger partial charge in [0.2, 0.25) is 6.29 Å². The summed E-state index contributed by atoms with van der Waals surface area (Å²) in [4.78, 5) is 23.5. The molecule has 4 heteroatoms. The average Bonchev–Trinajstić information content (AvgIpc) is 2.83. The number of ketones is 1. The van der Waals surface area contributed by atoms with Gasteiger partial charge in [0.15, 0.2) is 5.78 Å². The molecule has 24 heavy (non-hydrogen) atoms. The molecule has 0 aromatic heterocycles. The van der Waals surface area contributed by atoms with Crippen LogP contribution in [0.4, 0.5) is 0 Å². The van der Waals surface area contributed by atoms with Crippen molar-refractivity contribution < 1.29 is 19.4 Å². The number of carbonyl (C=O) groups is 2. The number of cyclic esters (lactones) is 1. The predicted octanol–water partition coefficient (Wildman–Crippen LogP) is 3.55. The minimum atomic E-state index is -1.10. The highest BCUT2D eigenvalue weighted by Gasteiger charge is 2.54. The summed E-state index contributed by atoms with van der Waals surface area (Å²) in [5, 5.41) is 9.83. The Balaban J connectivity index is 1.86. The van der Waals surface area contributed by atoms with Crippen LogP contribution in [-0.4, -0.2) is 23.1 Å². The highest BCUT2D eigenvalue weighted by atomic mass is 16.6. The van der Waals surface area contributed by atoms with E-state index in [0.717, 1.165) is 19.3 Å². The van der Waals surface area contributed by atoms with Crippen molar-refractivity contribution in [1.82, 2.24) is 0 Å². The summed E-state index contributed by atoms with van der Waals surface area (Å²) in [5.74, 6) is 0.580. The maximum Gasteiger partial charge on any atom is 0.333 e. The molecule has 0 saturated heterocycles. The predicted molar refractivity (Wildman–Crippen MR) is 90.9 cm³/mol. The van der Waals surface area contributed by atoms with Crippen LogP contribution in [0.1, 0.15) is 59.8 Å². The molecule has 0 aromatic carbocycles. The van der Waals surface area contributed by atoms with Crippen LogP contribution in [0.3, 0.4) is 0 Å². The molecule has 1 fully saturated rings. The Hall–Kier alpha value is -1.42. The van der Waals surface area contributed by atoms with Crippen LogP contribution in [0.25, 0.3) is 0 Å². The van der Waals surface area contributed by atoms with E-state index in [9.17, 15) is 14.7 Å². The largest absolute Gasteiger partial charge is 0.429 e. The van der Waals surface area contributed by atoms with E-state index in [1.165, 1.54) is 11.6 Å². The van der Waals surface area contributed by atoms with E-state index < -0.39 is 12.3 Å². The first kappa shape index (κ1) is 17.4. The number of hydrogen-bond donors (Lipinski definition) is 1. The first-order valence-electron chi connectivity index (χ1n) is 8.97. The van der Waals surface area contributed by atoms with Crippen molar-refractivity contribution in [3.63, 3.8) is 0 Å². The smallest absolute Gasteiger partial charge is 0.333 e. The number of allylic oxidation sites excluding steroid dienone is 2. The van der Waals surface area contributed by atoms with Gasteiger partial charge in [-0.25, -0.2) is 4.79 Å². The summed E-state index contributed by atoms with van der Waals surface area (Å²) in [6, 6.07) is 0. The van der Waals surface area contributed by atoms with E-state index in [1.807, 2.05) is 6.08 Å². The second kappa shape index (κ2) is 5.83. The number of aliphatic hydroxyl groups is 1. The molecule has 1 saturated carbocycles. The van der Waals surface area contributed by atoms with Crippen molar-refractivity contribution in [2.45, 2.75) is 66.1 Å². The third kappa shape index (κ3) is 2.65. The molecule has 0 radical (unpaired) electrons. The monoisotopic (exact) mass is 332 g/mol. The normalized spacial score (nSPS) is 42.3.